The number of likely N-dealkylation sites (tertiary alicyclic amines) is 1. The highest BCUT2D eigenvalue weighted by molar-refractivity contribution is 7.07. The van der Waals surface area contributed by atoms with Gasteiger partial charge < -0.3 is 9.64 Å². The lowest BCUT2D eigenvalue weighted by molar-refractivity contribution is -0.133. The van der Waals surface area contributed by atoms with Gasteiger partial charge in [-0.05, 0) is 24.4 Å². The molecule has 5 nitrogen and oxygen atoms in total. The van der Waals surface area contributed by atoms with Crippen molar-refractivity contribution in [3.8, 4) is 5.19 Å². The first-order valence-corrected chi connectivity index (χ1v) is 6.80. The molecule has 0 spiro atoms. The Kier molecular flexibility index (Phi) is 4.56. The van der Waals surface area contributed by atoms with E-state index in [0.717, 1.165) is 37.5 Å². The van der Waals surface area contributed by atoms with Crippen molar-refractivity contribution in [1.29, 1.82) is 0 Å². The molecule has 7 heteroatoms. The third kappa shape index (κ3) is 3.81. The van der Waals surface area contributed by atoms with Crippen LogP contribution in [0, 0.1) is 0 Å². The molecule has 2 heterocycles. The average Bonchev–Trinajstić information content (AvgIpc) is 2.58. The van der Waals surface area contributed by atoms with E-state index >= 15 is 0 Å². The van der Waals surface area contributed by atoms with Crippen molar-refractivity contribution in [2.45, 2.75) is 25.7 Å². The van der Waals surface area contributed by atoms with Gasteiger partial charge in [-0.15, -0.1) is 0 Å². The number of carbonyl (C=O) groups excluding carboxylic acids is 1. The number of ether oxygens (including phenoxy) is 1. The molecular weight excluding hydrogens is 262 g/mol. The van der Waals surface area contributed by atoms with Gasteiger partial charge >= 0.3 is 0 Å². The third-order valence-corrected chi connectivity index (χ3v) is 3.56. The summed E-state index contributed by atoms with van der Waals surface area (Å²) in [4.78, 5) is 17.5. The number of carbonyl (C=O) groups is 1. The quantitative estimate of drug-likeness (QED) is 0.846. The molecule has 0 N–H and O–H groups in total. The molecule has 0 aromatic carbocycles. The average molecular weight is 276 g/mol. The van der Waals surface area contributed by atoms with Gasteiger partial charge in [-0.2, -0.15) is 9.36 Å². The summed E-state index contributed by atoms with van der Waals surface area (Å²) in [6.45, 7) is 1.68. The normalized spacial score (nSPS) is 16.6. The topological polar surface area (TPSA) is 55.3 Å². The molecule has 0 saturated carbocycles. The van der Waals surface area contributed by atoms with E-state index in [2.05, 4.69) is 9.36 Å². The zero-order valence-corrected chi connectivity index (χ0v) is 11.0. The minimum absolute atomic E-state index is 0.0122. The lowest BCUT2D eigenvalue weighted by atomic mass is 10.2. The molecule has 0 aliphatic carbocycles. The van der Waals surface area contributed by atoms with Crippen LogP contribution in [0.3, 0.4) is 0 Å². The van der Waals surface area contributed by atoms with Crippen molar-refractivity contribution < 1.29 is 9.53 Å². The van der Waals surface area contributed by atoms with Crippen LogP contribution in [0.15, 0.2) is 0 Å². The minimum atomic E-state index is 0.0122. The lowest BCUT2D eigenvalue weighted by Crippen LogP contribution is -2.35. The summed E-state index contributed by atoms with van der Waals surface area (Å²) >= 11 is 6.62. The Morgan fingerprint density at radius 2 is 2.06 bits per heavy atom. The van der Waals surface area contributed by atoms with Gasteiger partial charge in [0.1, 0.15) is 0 Å². The van der Waals surface area contributed by atoms with Crippen LogP contribution in [0.4, 0.5) is 0 Å². The number of halogens is 1. The second kappa shape index (κ2) is 6.16. The molecule has 0 atom stereocenters. The highest BCUT2D eigenvalue weighted by atomic mass is 35.5. The summed E-state index contributed by atoms with van der Waals surface area (Å²) in [7, 11) is 0. The van der Waals surface area contributed by atoms with Gasteiger partial charge in [-0.25, -0.2) is 0 Å². The molecule has 94 valence electrons. The molecule has 0 unspecified atom stereocenters. The van der Waals surface area contributed by atoms with Gasteiger partial charge in [0.25, 0.3) is 11.1 Å². The van der Waals surface area contributed by atoms with E-state index in [9.17, 15) is 4.79 Å². The van der Waals surface area contributed by atoms with Crippen LogP contribution in [-0.2, 0) is 4.79 Å². The number of hydrogen-bond acceptors (Lipinski definition) is 5. The van der Waals surface area contributed by atoms with Crippen LogP contribution < -0.4 is 4.74 Å². The van der Waals surface area contributed by atoms with E-state index in [1.165, 1.54) is 12.8 Å². The number of amides is 1. The first kappa shape index (κ1) is 12.6. The van der Waals surface area contributed by atoms with E-state index in [1.54, 1.807) is 0 Å². The predicted octanol–water partition coefficient (Wildman–Crippen LogP) is 1.97. The van der Waals surface area contributed by atoms with Crippen LogP contribution in [0.1, 0.15) is 25.7 Å². The minimum Gasteiger partial charge on any atom is -0.459 e. The van der Waals surface area contributed by atoms with Gasteiger partial charge in [-0.1, -0.05) is 12.8 Å². The Morgan fingerprint density at radius 3 is 2.65 bits per heavy atom. The van der Waals surface area contributed by atoms with Crippen molar-refractivity contribution in [3.05, 3.63) is 5.28 Å². The smallest absolute Gasteiger partial charge is 0.294 e. The maximum Gasteiger partial charge on any atom is 0.294 e. The Labute approximate surface area is 109 Å². The van der Waals surface area contributed by atoms with Crippen molar-refractivity contribution >= 4 is 29.0 Å². The molecule has 1 fully saturated rings. The van der Waals surface area contributed by atoms with Gasteiger partial charge in [-0.3, -0.25) is 4.79 Å². The molecule has 1 aromatic heterocycles. The van der Waals surface area contributed by atoms with Gasteiger partial charge in [0.2, 0.25) is 5.28 Å². The molecule has 1 aliphatic heterocycles. The fraction of sp³-hybridized carbons (Fsp3) is 0.700. The maximum absolute atomic E-state index is 11.9. The molecule has 0 bridgehead atoms. The third-order valence-electron chi connectivity index (χ3n) is 2.66. The molecule has 2 rings (SSSR count). The summed E-state index contributed by atoms with van der Waals surface area (Å²) < 4.78 is 9.02. The Morgan fingerprint density at radius 1 is 1.35 bits per heavy atom. The highest BCUT2D eigenvalue weighted by Gasteiger charge is 2.16. The molecule has 0 radical (unpaired) electrons. The summed E-state index contributed by atoms with van der Waals surface area (Å²) in [6.07, 6.45) is 4.57. The summed E-state index contributed by atoms with van der Waals surface area (Å²) in [6, 6.07) is 0. The van der Waals surface area contributed by atoms with Gasteiger partial charge in [0.05, 0.1) is 0 Å². The molecule has 1 aromatic rings. The molecule has 1 aliphatic rings. The number of aromatic nitrogens is 2. The Bertz CT molecular complexity index is 377. The second-order valence-electron chi connectivity index (χ2n) is 3.91. The van der Waals surface area contributed by atoms with Crippen LogP contribution in [0.5, 0.6) is 5.19 Å². The summed E-state index contributed by atoms with van der Waals surface area (Å²) in [5.41, 5.74) is 0. The Hall–Kier alpha value is -0.880. The van der Waals surface area contributed by atoms with E-state index in [4.69, 9.17) is 16.3 Å². The monoisotopic (exact) mass is 275 g/mol. The van der Waals surface area contributed by atoms with Crippen molar-refractivity contribution in [3.63, 3.8) is 0 Å². The summed E-state index contributed by atoms with van der Waals surface area (Å²) in [5.74, 6) is 0.0122. The number of nitrogens with zero attached hydrogens (tertiary/aromatic N) is 3. The van der Waals surface area contributed by atoms with Gasteiger partial charge in [0, 0.05) is 24.6 Å². The predicted molar refractivity (Wildman–Crippen MR) is 65.5 cm³/mol. The maximum atomic E-state index is 11.9. The Balaban J connectivity index is 1.79. The van der Waals surface area contributed by atoms with Crippen LogP contribution in [0.2, 0.25) is 5.28 Å². The van der Waals surface area contributed by atoms with E-state index < -0.39 is 0 Å². The summed E-state index contributed by atoms with van der Waals surface area (Å²) in [5, 5.41) is 0.505. The molecular formula is C10H14ClN3O2S. The zero-order valence-electron chi connectivity index (χ0n) is 9.39. The molecule has 1 saturated heterocycles. The second-order valence-corrected chi connectivity index (χ2v) is 4.97. The fourth-order valence-electron chi connectivity index (χ4n) is 1.79. The largest absolute Gasteiger partial charge is 0.459 e. The van der Waals surface area contributed by atoms with Gasteiger partial charge in [0.15, 0.2) is 6.61 Å². The number of rotatable bonds is 3. The SMILES string of the molecule is O=C(COc1nc(Cl)ns1)N1CCCCCC1. The fourth-order valence-corrected chi connectivity index (χ4v) is 2.45. The van der Waals surface area contributed by atoms with Crippen LogP contribution >= 0.6 is 23.1 Å². The van der Waals surface area contributed by atoms with Crippen molar-refractivity contribution in [2.24, 2.45) is 0 Å². The highest BCUT2D eigenvalue weighted by Crippen LogP contribution is 2.17. The van der Waals surface area contributed by atoms with E-state index in [1.807, 2.05) is 4.90 Å². The standard InChI is InChI=1S/C10H14ClN3O2S/c11-9-12-10(17-13-9)16-7-8(15)14-5-3-1-2-4-6-14/h1-7H2. The van der Waals surface area contributed by atoms with Crippen molar-refractivity contribution in [2.75, 3.05) is 19.7 Å². The van der Waals surface area contributed by atoms with Crippen molar-refractivity contribution in [1.82, 2.24) is 14.3 Å². The number of hydrogen-bond donors (Lipinski definition) is 0. The lowest BCUT2D eigenvalue weighted by Gasteiger charge is -2.19. The first-order valence-electron chi connectivity index (χ1n) is 5.65. The zero-order chi connectivity index (χ0) is 12.1. The van der Waals surface area contributed by atoms with Crippen LogP contribution in [0.25, 0.3) is 0 Å². The molecule has 17 heavy (non-hydrogen) atoms. The van der Waals surface area contributed by atoms with Crippen LogP contribution in [-0.4, -0.2) is 39.9 Å². The first-order chi connectivity index (χ1) is 8.25. The van der Waals surface area contributed by atoms with E-state index in [0.29, 0.717) is 5.19 Å². The van der Waals surface area contributed by atoms with E-state index in [-0.39, 0.29) is 17.8 Å². The molecule has 1 amide bonds.